The van der Waals surface area contributed by atoms with Gasteiger partial charge in [0.25, 0.3) is 0 Å². The van der Waals surface area contributed by atoms with E-state index in [2.05, 4.69) is 29.6 Å². The quantitative estimate of drug-likeness (QED) is 0.583. The molecule has 0 spiro atoms. The topological polar surface area (TPSA) is 95.9 Å². The number of carboxylic acid groups (broad SMARTS) is 1. The van der Waals surface area contributed by atoms with Crippen molar-refractivity contribution in [3.05, 3.63) is 59.7 Å². The first kappa shape index (κ1) is 23.4. The van der Waals surface area contributed by atoms with Crippen LogP contribution in [0.15, 0.2) is 48.5 Å². The number of carboxylic acids is 1. The minimum atomic E-state index is -0.989. The molecule has 1 saturated carbocycles. The molecule has 0 aromatic heterocycles. The molecule has 1 saturated heterocycles. The average molecular weight is 477 g/mol. The zero-order valence-corrected chi connectivity index (χ0v) is 20.0. The van der Waals surface area contributed by atoms with E-state index in [1.807, 2.05) is 31.2 Å². The van der Waals surface area contributed by atoms with E-state index >= 15 is 0 Å². The number of piperidine rings is 1. The highest BCUT2D eigenvalue weighted by Gasteiger charge is 2.66. The van der Waals surface area contributed by atoms with Gasteiger partial charge >= 0.3 is 12.1 Å². The summed E-state index contributed by atoms with van der Waals surface area (Å²) in [5.74, 6) is -0.951. The lowest BCUT2D eigenvalue weighted by Gasteiger charge is -2.34. The first-order valence-corrected chi connectivity index (χ1v) is 12.6. The van der Waals surface area contributed by atoms with Crippen molar-refractivity contribution in [3.63, 3.8) is 0 Å². The van der Waals surface area contributed by atoms with Crippen molar-refractivity contribution in [3.8, 4) is 11.1 Å². The Morgan fingerprint density at radius 3 is 2.40 bits per heavy atom. The summed E-state index contributed by atoms with van der Waals surface area (Å²) in [5, 5.41) is 12.6. The monoisotopic (exact) mass is 476 g/mol. The van der Waals surface area contributed by atoms with Gasteiger partial charge in [-0.15, -0.1) is 0 Å². The summed E-state index contributed by atoms with van der Waals surface area (Å²) in [5.41, 5.74) is 3.68. The molecule has 3 aliphatic rings. The molecule has 7 heteroatoms. The maximum atomic E-state index is 12.9. The number of aliphatic carboxylic acids is 1. The number of fused-ring (bicyclic) bond motifs is 4. The molecule has 2 aromatic rings. The van der Waals surface area contributed by atoms with Gasteiger partial charge in [-0.3, -0.25) is 4.79 Å². The Morgan fingerprint density at radius 2 is 1.77 bits per heavy atom. The summed E-state index contributed by atoms with van der Waals surface area (Å²) < 4.78 is 5.64. The minimum absolute atomic E-state index is 0.00685. The predicted octanol–water partition coefficient (Wildman–Crippen LogP) is 4.55. The molecule has 3 atom stereocenters. The van der Waals surface area contributed by atoms with E-state index in [9.17, 15) is 19.5 Å². The Kier molecular flexibility index (Phi) is 6.26. The maximum Gasteiger partial charge on any atom is 0.407 e. The van der Waals surface area contributed by atoms with Crippen molar-refractivity contribution in [2.24, 2.45) is 5.92 Å². The van der Waals surface area contributed by atoms with Crippen LogP contribution in [-0.4, -0.2) is 52.7 Å². The maximum absolute atomic E-state index is 12.9. The molecular formula is C28H32N2O5. The van der Waals surface area contributed by atoms with Crippen molar-refractivity contribution in [2.45, 2.75) is 62.9 Å². The van der Waals surface area contributed by atoms with Crippen LogP contribution >= 0.6 is 0 Å². The Hall–Kier alpha value is -3.35. The molecule has 35 heavy (non-hydrogen) atoms. The summed E-state index contributed by atoms with van der Waals surface area (Å²) in [6, 6.07) is 16.2. The van der Waals surface area contributed by atoms with Crippen LogP contribution in [0.5, 0.6) is 0 Å². The molecule has 5 rings (SSSR count). The van der Waals surface area contributed by atoms with E-state index in [1.165, 1.54) is 11.1 Å². The number of rotatable bonds is 8. The molecule has 184 valence electrons. The van der Waals surface area contributed by atoms with Crippen LogP contribution in [0.3, 0.4) is 0 Å². The van der Waals surface area contributed by atoms with E-state index in [4.69, 9.17) is 4.74 Å². The summed E-state index contributed by atoms with van der Waals surface area (Å²) in [6.07, 6.45) is 3.11. The van der Waals surface area contributed by atoms with Gasteiger partial charge in [0.1, 0.15) is 12.1 Å². The number of hydrogen-bond acceptors (Lipinski definition) is 4. The van der Waals surface area contributed by atoms with Crippen LogP contribution in [0.1, 0.15) is 62.5 Å². The van der Waals surface area contributed by atoms with E-state index in [0.29, 0.717) is 25.8 Å². The number of benzene rings is 2. The highest BCUT2D eigenvalue weighted by atomic mass is 16.5. The molecule has 3 unspecified atom stereocenters. The zero-order valence-electron chi connectivity index (χ0n) is 20.0. The molecule has 7 nitrogen and oxygen atoms in total. The Morgan fingerprint density at radius 1 is 1.11 bits per heavy atom. The van der Waals surface area contributed by atoms with E-state index in [-0.39, 0.29) is 36.8 Å². The van der Waals surface area contributed by atoms with Gasteiger partial charge in [0, 0.05) is 24.9 Å². The lowest BCUT2D eigenvalue weighted by molar-refractivity contribution is -0.154. The van der Waals surface area contributed by atoms with Gasteiger partial charge in [0.2, 0.25) is 5.91 Å². The molecule has 1 heterocycles. The molecule has 2 aromatic carbocycles. The number of carbonyl (C=O) groups is 3. The molecule has 2 fully saturated rings. The number of carbonyl (C=O) groups excluding carboxylic acids is 2. The Balaban J connectivity index is 1.15. The summed E-state index contributed by atoms with van der Waals surface area (Å²) in [7, 11) is 0. The minimum Gasteiger partial charge on any atom is -0.479 e. The standard InChI is InChI=1S/C28H32N2O5/c1-2-19(13-14-25(31)30-15-7-8-18-16-28(18,30)26(32)33)29-27(34)35-17-24-22-11-5-3-9-20(22)21-10-4-6-12-23(21)24/h3-6,9-12,18-19,24H,2,7-8,13-17H2,1H3,(H,29,34)(H,32,33). The number of likely N-dealkylation sites (tertiary alicyclic amines) is 1. The lowest BCUT2D eigenvalue weighted by Crippen LogP contribution is -2.51. The predicted molar refractivity (Wildman–Crippen MR) is 131 cm³/mol. The molecule has 2 aliphatic carbocycles. The smallest absolute Gasteiger partial charge is 0.407 e. The Labute approximate surface area is 205 Å². The van der Waals surface area contributed by atoms with Crippen molar-refractivity contribution in [1.29, 1.82) is 0 Å². The van der Waals surface area contributed by atoms with Crippen molar-refractivity contribution in [1.82, 2.24) is 10.2 Å². The zero-order chi connectivity index (χ0) is 24.6. The largest absolute Gasteiger partial charge is 0.479 e. The van der Waals surface area contributed by atoms with E-state index < -0.39 is 17.6 Å². The van der Waals surface area contributed by atoms with Crippen LogP contribution < -0.4 is 5.32 Å². The fraction of sp³-hybridized carbons (Fsp3) is 0.464. The van der Waals surface area contributed by atoms with Gasteiger partial charge in [0.05, 0.1) is 0 Å². The second kappa shape index (κ2) is 9.36. The number of nitrogens with one attached hydrogen (secondary N) is 1. The number of amides is 2. The van der Waals surface area contributed by atoms with Crippen molar-refractivity contribution in [2.75, 3.05) is 13.2 Å². The molecular weight excluding hydrogens is 444 g/mol. The van der Waals surface area contributed by atoms with Gasteiger partial charge in [-0.05, 0) is 60.3 Å². The number of nitrogens with zero attached hydrogens (tertiary/aromatic N) is 1. The average Bonchev–Trinajstić information content (AvgIpc) is 3.56. The van der Waals surface area contributed by atoms with Gasteiger partial charge < -0.3 is 20.1 Å². The normalized spacial score (nSPS) is 23.0. The van der Waals surface area contributed by atoms with E-state index in [0.717, 1.165) is 24.0 Å². The van der Waals surface area contributed by atoms with Crippen LogP contribution in [-0.2, 0) is 14.3 Å². The summed E-state index contributed by atoms with van der Waals surface area (Å²) in [6.45, 7) is 2.69. The number of ether oxygens (including phenoxy) is 1. The van der Waals surface area contributed by atoms with Crippen molar-refractivity contribution < 1.29 is 24.2 Å². The van der Waals surface area contributed by atoms with Crippen LogP contribution in [0.2, 0.25) is 0 Å². The molecule has 0 bridgehead atoms. The van der Waals surface area contributed by atoms with Gasteiger partial charge in [0.15, 0.2) is 0 Å². The molecule has 2 N–H and O–H groups in total. The number of alkyl carbamates (subject to hydrolysis) is 1. The molecule has 1 aliphatic heterocycles. The van der Waals surface area contributed by atoms with E-state index in [1.54, 1.807) is 4.90 Å². The summed E-state index contributed by atoms with van der Waals surface area (Å²) >= 11 is 0. The fourth-order valence-electron chi connectivity index (χ4n) is 6.03. The SMILES string of the molecule is CCC(CCC(=O)N1CCCC2CC21C(=O)O)NC(=O)OCC1c2ccccc2-c2ccccc21. The van der Waals surface area contributed by atoms with Crippen molar-refractivity contribution >= 4 is 18.0 Å². The second-order valence-electron chi connectivity index (χ2n) is 9.93. The van der Waals surface area contributed by atoms with Crippen LogP contribution in [0.4, 0.5) is 4.79 Å². The molecule has 2 amide bonds. The first-order chi connectivity index (χ1) is 17.0. The molecule has 0 radical (unpaired) electrons. The Bertz CT molecular complexity index is 1100. The first-order valence-electron chi connectivity index (χ1n) is 12.6. The van der Waals surface area contributed by atoms with Crippen LogP contribution in [0, 0.1) is 5.92 Å². The fourth-order valence-corrected chi connectivity index (χ4v) is 6.03. The second-order valence-corrected chi connectivity index (χ2v) is 9.93. The van der Waals surface area contributed by atoms with Gasteiger partial charge in [-0.25, -0.2) is 9.59 Å². The highest BCUT2D eigenvalue weighted by molar-refractivity contribution is 5.90. The van der Waals surface area contributed by atoms with Gasteiger partial charge in [-0.2, -0.15) is 0 Å². The third-order valence-corrected chi connectivity index (χ3v) is 8.03. The third kappa shape index (κ3) is 4.17. The van der Waals surface area contributed by atoms with Crippen LogP contribution in [0.25, 0.3) is 11.1 Å². The third-order valence-electron chi connectivity index (χ3n) is 8.03. The lowest BCUT2D eigenvalue weighted by atomic mass is 9.98. The number of hydrogen-bond donors (Lipinski definition) is 2. The summed E-state index contributed by atoms with van der Waals surface area (Å²) in [4.78, 5) is 38.9. The van der Waals surface area contributed by atoms with Gasteiger partial charge in [-0.1, -0.05) is 55.5 Å². The highest BCUT2D eigenvalue weighted by Crippen LogP contribution is 2.54.